The fourth-order valence-electron chi connectivity index (χ4n) is 4.37. The van der Waals surface area contributed by atoms with Crippen molar-refractivity contribution in [3.63, 3.8) is 0 Å². The van der Waals surface area contributed by atoms with Crippen molar-refractivity contribution in [1.29, 1.82) is 0 Å². The van der Waals surface area contributed by atoms with Crippen LogP contribution in [0.15, 0.2) is 66.2 Å². The molecule has 143 valence electrons. The molecule has 4 rings (SSSR count). The minimum Gasteiger partial charge on any atom is -1.00 e. The van der Waals surface area contributed by atoms with Crippen molar-refractivity contribution >= 4 is 22.3 Å². The summed E-state index contributed by atoms with van der Waals surface area (Å²) in [5.74, 6) is -0.0981. The zero-order valence-electron chi connectivity index (χ0n) is 16.8. The molecule has 0 bridgehead atoms. The van der Waals surface area contributed by atoms with Gasteiger partial charge in [-0.15, -0.1) is 0 Å². The largest absolute Gasteiger partial charge is 1.00 e. The summed E-state index contributed by atoms with van der Waals surface area (Å²) in [5.41, 5.74) is 9.35. The van der Waals surface area contributed by atoms with Gasteiger partial charge in [-0.05, 0) is 0 Å². The monoisotopic (exact) mass is 501 g/mol. The predicted molar refractivity (Wildman–Crippen MR) is 112 cm³/mol. The number of benzene rings is 3. The van der Waals surface area contributed by atoms with Gasteiger partial charge in [0, 0.05) is 0 Å². The molecule has 0 N–H and O–H groups in total. The van der Waals surface area contributed by atoms with Crippen molar-refractivity contribution in [2.45, 2.75) is 37.0 Å². The number of hydrogen-bond acceptors (Lipinski definition) is 0. The van der Waals surface area contributed by atoms with Gasteiger partial charge in [-0.25, -0.2) is 0 Å². The molecule has 0 fully saturated rings. The Bertz CT molecular complexity index is 1010. The second-order valence-corrected chi connectivity index (χ2v) is 20.6. The SMILES string of the molecule is CCC1=C(C)[CH]([Zr+2][Si](C)C)c2cccc(-c3cccc4ccccc34)c21.[Cl-].[Cl-]. The topological polar surface area (TPSA) is 0 Å². The van der Waals surface area contributed by atoms with Gasteiger partial charge in [0.05, 0.1) is 0 Å². The van der Waals surface area contributed by atoms with E-state index in [9.17, 15) is 0 Å². The fraction of sp³-hybridized carbons (Fsp3) is 0.250. The van der Waals surface area contributed by atoms with Crippen molar-refractivity contribution in [1.82, 2.24) is 0 Å². The molecule has 3 aromatic carbocycles. The summed E-state index contributed by atoms with van der Waals surface area (Å²) in [6, 6.07) is 22.6. The van der Waals surface area contributed by atoms with Crippen LogP contribution in [0.5, 0.6) is 0 Å². The Labute approximate surface area is 193 Å². The molecule has 1 radical (unpaired) electrons. The van der Waals surface area contributed by atoms with Crippen LogP contribution in [0.3, 0.4) is 0 Å². The molecule has 1 atom stereocenters. The summed E-state index contributed by atoms with van der Waals surface area (Å²) in [4.78, 5) is 0. The Hall–Kier alpha value is -0.660. The van der Waals surface area contributed by atoms with E-state index in [2.05, 4.69) is 87.6 Å². The Kier molecular flexibility index (Phi) is 8.35. The van der Waals surface area contributed by atoms with Gasteiger partial charge < -0.3 is 24.8 Å². The third-order valence-electron chi connectivity index (χ3n) is 5.48. The van der Waals surface area contributed by atoms with Crippen LogP contribution in [-0.2, 0) is 22.4 Å². The third kappa shape index (κ3) is 4.12. The van der Waals surface area contributed by atoms with Crippen LogP contribution in [0.1, 0.15) is 35.0 Å². The van der Waals surface area contributed by atoms with Gasteiger partial charge in [0.1, 0.15) is 0 Å². The number of hydrogen-bond donors (Lipinski definition) is 0. The van der Waals surface area contributed by atoms with Crippen molar-refractivity contribution in [3.8, 4) is 11.1 Å². The number of rotatable bonds is 4. The normalized spacial score (nSPS) is 15.1. The van der Waals surface area contributed by atoms with E-state index in [-0.39, 0.29) is 53.1 Å². The summed E-state index contributed by atoms with van der Waals surface area (Å²) in [5, 5.41) is 2.70. The quantitative estimate of drug-likeness (QED) is 0.468. The van der Waals surface area contributed by atoms with E-state index in [1.807, 2.05) is 0 Å². The molecule has 0 aliphatic heterocycles. The van der Waals surface area contributed by atoms with E-state index in [0.717, 1.165) is 10.0 Å². The number of halogens is 2. The van der Waals surface area contributed by atoms with Crippen LogP contribution >= 0.6 is 0 Å². The van der Waals surface area contributed by atoms with E-state index in [0.29, 0.717) is 0 Å². The standard InChI is InChI=1S/C22H19.C2H6Si.2ClH.Zr/c1-3-18-15(2)14-17-10-7-13-21(22(17)18)20-12-6-9-16-8-4-5-11-19(16)20;1-3-2;;;/h4-14H,3H2,1-2H3;1-2H3;2*1H;/q;;;;+2/p-2. The molecule has 1 aliphatic rings. The van der Waals surface area contributed by atoms with Crippen LogP contribution in [0, 0.1) is 0 Å². The summed E-state index contributed by atoms with van der Waals surface area (Å²) < 4.78 is 0.794. The second kappa shape index (κ2) is 9.90. The molecule has 0 saturated carbocycles. The first-order chi connectivity index (χ1) is 12.6. The van der Waals surface area contributed by atoms with E-state index in [1.165, 1.54) is 21.9 Å². The van der Waals surface area contributed by atoms with Crippen molar-refractivity contribution in [3.05, 3.63) is 77.4 Å². The molecular weight excluding hydrogens is 478 g/mol. The van der Waals surface area contributed by atoms with Gasteiger partial charge in [0.25, 0.3) is 0 Å². The Morgan fingerprint density at radius 2 is 1.50 bits per heavy atom. The van der Waals surface area contributed by atoms with E-state index in [4.69, 9.17) is 0 Å². The Morgan fingerprint density at radius 1 is 0.857 bits per heavy atom. The fourth-order valence-corrected chi connectivity index (χ4v) is 13.3. The van der Waals surface area contributed by atoms with Crippen LogP contribution in [0.2, 0.25) is 13.1 Å². The molecule has 0 heterocycles. The zero-order valence-corrected chi connectivity index (χ0v) is 21.8. The Morgan fingerprint density at radius 3 is 2.21 bits per heavy atom. The molecule has 0 saturated heterocycles. The molecule has 0 aromatic heterocycles. The first kappa shape index (κ1) is 23.6. The van der Waals surface area contributed by atoms with Gasteiger partial charge in [-0.3, -0.25) is 0 Å². The van der Waals surface area contributed by atoms with E-state index in [1.54, 1.807) is 22.3 Å². The molecule has 1 aliphatic carbocycles. The average molecular weight is 504 g/mol. The molecule has 4 heteroatoms. The number of allylic oxidation sites excluding steroid dienone is 2. The first-order valence-electron chi connectivity index (χ1n) is 9.49. The smallest absolute Gasteiger partial charge is 1.00 e. The molecule has 0 amide bonds. The minimum atomic E-state index is -0.383. The van der Waals surface area contributed by atoms with Gasteiger partial charge in [0.15, 0.2) is 0 Å². The molecule has 1 unspecified atom stereocenters. The van der Waals surface area contributed by atoms with Crippen LogP contribution in [0.25, 0.3) is 27.5 Å². The molecular formula is C24H25Cl2SiZr. The van der Waals surface area contributed by atoms with Gasteiger partial charge in [0.2, 0.25) is 0 Å². The molecule has 0 nitrogen and oxygen atoms in total. The van der Waals surface area contributed by atoms with Crippen LogP contribution in [-0.4, -0.2) is 5.92 Å². The Balaban J connectivity index is 0.00000140. The maximum absolute atomic E-state index is 2.52. The maximum atomic E-state index is 2.52. The third-order valence-corrected chi connectivity index (χ3v) is 14.6. The van der Waals surface area contributed by atoms with E-state index >= 15 is 0 Å². The molecule has 0 spiro atoms. The summed E-state index contributed by atoms with van der Waals surface area (Å²) >= 11 is -0.383. The minimum absolute atomic E-state index is 0. The van der Waals surface area contributed by atoms with Gasteiger partial charge in [-0.1, -0.05) is 0 Å². The maximum Gasteiger partial charge on any atom is -1.00 e. The second-order valence-electron chi connectivity index (χ2n) is 7.39. The van der Waals surface area contributed by atoms with E-state index < -0.39 is 0 Å². The van der Waals surface area contributed by atoms with Crippen molar-refractivity contribution < 1.29 is 47.2 Å². The first-order valence-corrected chi connectivity index (χ1v) is 17.1. The van der Waals surface area contributed by atoms with Crippen LogP contribution < -0.4 is 24.8 Å². The zero-order chi connectivity index (χ0) is 18.3. The van der Waals surface area contributed by atoms with Gasteiger partial charge in [-0.2, -0.15) is 0 Å². The van der Waals surface area contributed by atoms with Crippen molar-refractivity contribution in [2.24, 2.45) is 0 Å². The van der Waals surface area contributed by atoms with Crippen molar-refractivity contribution in [2.75, 3.05) is 0 Å². The summed E-state index contributed by atoms with van der Waals surface area (Å²) in [6.45, 7) is 9.78. The summed E-state index contributed by atoms with van der Waals surface area (Å²) in [6.07, 6.45) is 1.14. The molecule has 28 heavy (non-hydrogen) atoms. The summed E-state index contributed by atoms with van der Waals surface area (Å²) in [7, 11) is 0. The predicted octanol–water partition coefficient (Wildman–Crippen LogP) is 1.09. The molecule has 3 aromatic rings. The van der Waals surface area contributed by atoms with Crippen LogP contribution in [0.4, 0.5) is 0 Å². The number of fused-ring (bicyclic) bond motifs is 2. The van der Waals surface area contributed by atoms with Gasteiger partial charge >= 0.3 is 170 Å². The average Bonchev–Trinajstić information content (AvgIpc) is 2.92.